The van der Waals surface area contributed by atoms with E-state index in [9.17, 15) is 22.0 Å². The summed E-state index contributed by atoms with van der Waals surface area (Å²) < 4.78 is 61.5. The Morgan fingerprint density at radius 2 is 1.94 bits per heavy atom. The Morgan fingerprint density at radius 1 is 1.31 bits per heavy atom. The van der Waals surface area contributed by atoms with E-state index in [1.54, 1.807) is 0 Å². The van der Waals surface area contributed by atoms with Gasteiger partial charge in [-0.2, -0.15) is 18.4 Å². The number of rotatable bonds is 2. The zero-order valence-corrected chi connectivity index (χ0v) is 7.72. The molecule has 0 bridgehead atoms. The molecule has 1 aromatic heterocycles. The summed E-state index contributed by atoms with van der Waals surface area (Å²) in [5, 5.41) is 8.29. The first-order valence-corrected chi connectivity index (χ1v) is 4.08. The molecule has 0 aliphatic heterocycles. The van der Waals surface area contributed by atoms with Gasteiger partial charge in [0.05, 0.1) is 23.7 Å². The Hall–Kier alpha value is -1.71. The Bertz CT molecular complexity index is 419. The molecule has 0 aliphatic rings. The number of halogens is 5. The van der Waals surface area contributed by atoms with E-state index >= 15 is 0 Å². The molecule has 0 saturated heterocycles. The van der Waals surface area contributed by atoms with Crippen molar-refractivity contribution in [3.8, 4) is 6.07 Å². The number of pyridine rings is 1. The lowest BCUT2D eigenvalue weighted by Crippen LogP contribution is -2.11. The maximum atomic E-state index is 12.4. The van der Waals surface area contributed by atoms with Crippen LogP contribution in [0.3, 0.4) is 0 Å². The van der Waals surface area contributed by atoms with Gasteiger partial charge in [-0.15, -0.1) is 0 Å². The third-order valence-corrected chi connectivity index (χ3v) is 1.77. The smallest absolute Gasteiger partial charge is 0.250 e. The van der Waals surface area contributed by atoms with Crippen LogP contribution in [0.1, 0.15) is 23.4 Å². The molecule has 0 aromatic carbocycles. The first-order chi connectivity index (χ1) is 7.36. The second kappa shape index (κ2) is 4.43. The zero-order chi connectivity index (χ0) is 12.3. The largest absolute Gasteiger partial charge is 0.418 e. The lowest BCUT2D eigenvalue weighted by atomic mass is 10.1. The highest BCUT2D eigenvalue weighted by Crippen LogP contribution is 2.32. The van der Waals surface area contributed by atoms with Gasteiger partial charge in [-0.1, -0.05) is 0 Å². The molecule has 7 heteroatoms. The molecule has 2 nitrogen and oxygen atoms in total. The summed E-state index contributed by atoms with van der Waals surface area (Å²) >= 11 is 0. The van der Waals surface area contributed by atoms with Crippen LogP contribution in [-0.2, 0) is 12.6 Å². The molecule has 16 heavy (non-hydrogen) atoms. The number of nitrogens with zero attached hydrogens (tertiary/aromatic N) is 2. The van der Waals surface area contributed by atoms with Crippen LogP contribution in [0, 0.1) is 11.3 Å². The van der Waals surface area contributed by atoms with Gasteiger partial charge in [0.15, 0.2) is 0 Å². The fraction of sp³-hybridized carbons (Fsp3) is 0.333. The van der Waals surface area contributed by atoms with Crippen molar-refractivity contribution in [1.29, 1.82) is 5.26 Å². The number of hydrogen-bond donors (Lipinski definition) is 0. The van der Waals surface area contributed by atoms with E-state index in [0.717, 1.165) is 0 Å². The van der Waals surface area contributed by atoms with E-state index in [-0.39, 0.29) is 0 Å². The molecular weight excluding hydrogens is 231 g/mol. The van der Waals surface area contributed by atoms with Gasteiger partial charge in [0, 0.05) is 0 Å². The summed E-state index contributed by atoms with van der Waals surface area (Å²) in [4.78, 5) is 3.14. The van der Waals surface area contributed by atoms with E-state index in [1.807, 2.05) is 0 Å². The van der Waals surface area contributed by atoms with Crippen LogP contribution >= 0.6 is 0 Å². The molecule has 0 aliphatic carbocycles. The van der Waals surface area contributed by atoms with Crippen LogP contribution < -0.4 is 0 Å². The fourth-order valence-corrected chi connectivity index (χ4v) is 1.11. The Labute approximate surface area is 87.3 Å². The average Bonchev–Trinajstić information content (AvgIpc) is 2.16. The number of nitriles is 1. The number of alkyl halides is 5. The van der Waals surface area contributed by atoms with Crippen LogP contribution in [0.25, 0.3) is 0 Å². The predicted octanol–water partition coefficient (Wildman–Crippen LogP) is 3.10. The van der Waals surface area contributed by atoms with Gasteiger partial charge >= 0.3 is 6.18 Å². The fourth-order valence-electron chi connectivity index (χ4n) is 1.11. The molecular formula is C9H5F5N2. The van der Waals surface area contributed by atoms with Gasteiger partial charge in [0.25, 0.3) is 6.43 Å². The highest BCUT2D eigenvalue weighted by atomic mass is 19.4. The molecule has 0 radical (unpaired) electrons. The SMILES string of the molecule is N#CCc1nc(C(F)F)ccc1C(F)(F)F. The molecule has 1 rings (SSSR count). The monoisotopic (exact) mass is 236 g/mol. The lowest BCUT2D eigenvalue weighted by molar-refractivity contribution is -0.138. The number of aromatic nitrogens is 1. The van der Waals surface area contributed by atoms with Crippen molar-refractivity contribution in [1.82, 2.24) is 4.98 Å². The third-order valence-electron chi connectivity index (χ3n) is 1.77. The standard InChI is InChI=1S/C9H5F5N2/c10-8(11)7-2-1-5(9(12,13)14)6(16-7)3-4-15/h1-2,8H,3H2. The summed E-state index contributed by atoms with van der Waals surface area (Å²) in [5.74, 6) is 0. The van der Waals surface area contributed by atoms with Crippen molar-refractivity contribution in [2.45, 2.75) is 19.0 Å². The van der Waals surface area contributed by atoms with Crippen LogP contribution in [0.2, 0.25) is 0 Å². The summed E-state index contributed by atoms with van der Waals surface area (Å²) in [6.45, 7) is 0. The molecule has 0 atom stereocenters. The summed E-state index contributed by atoms with van der Waals surface area (Å²) in [7, 11) is 0. The van der Waals surface area contributed by atoms with E-state index in [1.165, 1.54) is 6.07 Å². The zero-order valence-electron chi connectivity index (χ0n) is 7.72. The van der Waals surface area contributed by atoms with E-state index in [0.29, 0.717) is 12.1 Å². The molecule has 1 aromatic rings. The van der Waals surface area contributed by atoms with Crippen LogP contribution in [0.5, 0.6) is 0 Å². The van der Waals surface area contributed by atoms with Gasteiger partial charge < -0.3 is 0 Å². The van der Waals surface area contributed by atoms with Gasteiger partial charge in [0.1, 0.15) is 5.69 Å². The molecule has 1 heterocycles. The maximum Gasteiger partial charge on any atom is 0.418 e. The maximum absolute atomic E-state index is 12.4. The van der Waals surface area contributed by atoms with Crippen molar-refractivity contribution < 1.29 is 22.0 Å². The van der Waals surface area contributed by atoms with Gasteiger partial charge in [-0.25, -0.2) is 8.78 Å². The molecule has 0 fully saturated rings. The second-order valence-corrected chi connectivity index (χ2v) is 2.86. The van der Waals surface area contributed by atoms with Crippen molar-refractivity contribution in [2.24, 2.45) is 0 Å². The van der Waals surface area contributed by atoms with Crippen molar-refractivity contribution in [3.05, 3.63) is 29.1 Å². The molecule has 0 saturated carbocycles. The molecule has 0 spiro atoms. The predicted molar refractivity (Wildman–Crippen MR) is 43.5 cm³/mol. The van der Waals surface area contributed by atoms with E-state index in [2.05, 4.69) is 4.98 Å². The van der Waals surface area contributed by atoms with Crippen LogP contribution in [0.15, 0.2) is 12.1 Å². The number of hydrogen-bond acceptors (Lipinski definition) is 2. The Balaban J connectivity index is 3.26. The lowest BCUT2D eigenvalue weighted by Gasteiger charge is -2.11. The normalized spacial score (nSPS) is 11.6. The molecule has 0 unspecified atom stereocenters. The minimum atomic E-state index is -4.69. The van der Waals surface area contributed by atoms with E-state index in [4.69, 9.17) is 5.26 Å². The molecule has 0 N–H and O–H groups in total. The third kappa shape index (κ3) is 2.66. The summed E-state index contributed by atoms with van der Waals surface area (Å²) in [5.41, 5.74) is -2.59. The Kier molecular flexibility index (Phi) is 3.42. The van der Waals surface area contributed by atoms with Crippen molar-refractivity contribution in [3.63, 3.8) is 0 Å². The van der Waals surface area contributed by atoms with Crippen molar-refractivity contribution >= 4 is 0 Å². The first-order valence-electron chi connectivity index (χ1n) is 4.08. The van der Waals surface area contributed by atoms with Crippen molar-refractivity contribution in [2.75, 3.05) is 0 Å². The summed E-state index contributed by atoms with van der Waals surface area (Å²) in [6, 6.07) is 2.58. The Morgan fingerprint density at radius 3 is 2.38 bits per heavy atom. The highest BCUT2D eigenvalue weighted by Gasteiger charge is 2.34. The first kappa shape index (κ1) is 12.4. The quantitative estimate of drug-likeness (QED) is 0.740. The van der Waals surface area contributed by atoms with Gasteiger partial charge in [-0.3, -0.25) is 4.98 Å². The van der Waals surface area contributed by atoms with Crippen LogP contribution in [-0.4, -0.2) is 4.98 Å². The average molecular weight is 236 g/mol. The van der Waals surface area contributed by atoms with Gasteiger partial charge in [-0.05, 0) is 12.1 Å². The summed E-state index contributed by atoms with van der Waals surface area (Å²) in [6.07, 6.45) is -8.31. The van der Waals surface area contributed by atoms with E-state index < -0.39 is 36.0 Å². The molecule has 0 amide bonds. The highest BCUT2D eigenvalue weighted by molar-refractivity contribution is 5.28. The van der Waals surface area contributed by atoms with Crippen LogP contribution in [0.4, 0.5) is 22.0 Å². The topological polar surface area (TPSA) is 36.7 Å². The van der Waals surface area contributed by atoms with Gasteiger partial charge in [0.2, 0.25) is 0 Å². The molecule has 86 valence electrons. The minimum Gasteiger partial charge on any atom is -0.250 e. The minimum absolute atomic E-state index is 0.515. The second-order valence-electron chi connectivity index (χ2n) is 2.86.